The summed E-state index contributed by atoms with van der Waals surface area (Å²) < 4.78 is 1.81. The van der Waals surface area contributed by atoms with Crippen molar-refractivity contribution >= 4 is 22.6 Å². The van der Waals surface area contributed by atoms with Crippen LogP contribution in [0.25, 0.3) is 16.7 Å². The number of hydrogen-bond acceptors (Lipinski definition) is 3. The third-order valence-corrected chi connectivity index (χ3v) is 3.00. The number of fused-ring (bicyclic) bond motifs is 1. The molecule has 0 unspecified atom stereocenters. The van der Waals surface area contributed by atoms with Gasteiger partial charge in [-0.15, -0.1) is 0 Å². The lowest BCUT2D eigenvalue weighted by Gasteiger charge is -2.09. The summed E-state index contributed by atoms with van der Waals surface area (Å²) in [5.74, 6) is -0.493. The molecule has 1 aromatic heterocycles. The first-order valence-electron chi connectivity index (χ1n) is 5.78. The predicted octanol–water partition coefficient (Wildman–Crippen LogP) is 1.71. The topological polar surface area (TPSA) is 86.9 Å². The van der Waals surface area contributed by atoms with E-state index in [-0.39, 0.29) is 0 Å². The fraction of sp³-hybridized carbons (Fsp3) is 0. The number of hydrogen-bond donors (Lipinski definition) is 2. The van der Waals surface area contributed by atoms with Crippen molar-refractivity contribution in [1.29, 1.82) is 0 Å². The van der Waals surface area contributed by atoms with Crippen LogP contribution in [0.5, 0.6) is 0 Å². The Hall–Kier alpha value is -2.82. The minimum Gasteiger partial charge on any atom is -0.399 e. The van der Waals surface area contributed by atoms with E-state index in [0.717, 1.165) is 11.0 Å². The van der Waals surface area contributed by atoms with Gasteiger partial charge >= 0.3 is 0 Å². The molecule has 19 heavy (non-hydrogen) atoms. The highest BCUT2D eigenvalue weighted by molar-refractivity contribution is 5.97. The molecule has 3 rings (SSSR count). The van der Waals surface area contributed by atoms with E-state index >= 15 is 0 Å². The molecule has 0 aliphatic heterocycles. The first-order chi connectivity index (χ1) is 9.16. The van der Waals surface area contributed by atoms with Gasteiger partial charge in [-0.05, 0) is 30.3 Å². The van der Waals surface area contributed by atoms with Crippen molar-refractivity contribution in [3.8, 4) is 5.69 Å². The lowest BCUT2D eigenvalue weighted by atomic mass is 10.1. The van der Waals surface area contributed by atoms with E-state index in [1.807, 2.05) is 28.8 Å². The Morgan fingerprint density at radius 2 is 1.95 bits per heavy atom. The smallest absolute Gasteiger partial charge is 0.250 e. The van der Waals surface area contributed by atoms with E-state index in [1.165, 1.54) is 0 Å². The largest absolute Gasteiger partial charge is 0.399 e. The maximum Gasteiger partial charge on any atom is 0.250 e. The molecule has 0 fully saturated rings. The molecule has 0 saturated carbocycles. The molecule has 0 spiro atoms. The van der Waals surface area contributed by atoms with Gasteiger partial charge in [0, 0.05) is 5.69 Å². The average molecular weight is 252 g/mol. The fourth-order valence-electron chi connectivity index (χ4n) is 2.11. The quantitative estimate of drug-likeness (QED) is 0.680. The molecule has 0 aliphatic rings. The molecular weight excluding hydrogens is 240 g/mol. The molecule has 1 amide bonds. The number of carbonyl (C=O) groups excluding carboxylic acids is 1. The van der Waals surface area contributed by atoms with Crippen LogP contribution in [-0.4, -0.2) is 15.5 Å². The van der Waals surface area contributed by atoms with Crippen LogP contribution in [0.15, 0.2) is 48.8 Å². The van der Waals surface area contributed by atoms with Gasteiger partial charge in [-0.2, -0.15) is 0 Å². The Labute approximate surface area is 109 Å². The van der Waals surface area contributed by atoms with Crippen LogP contribution in [0.4, 0.5) is 5.69 Å². The Bertz CT molecular complexity index is 776. The van der Waals surface area contributed by atoms with Gasteiger partial charge in [0.1, 0.15) is 6.33 Å². The monoisotopic (exact) mass is 252 g/mol. The zero-order valence-electron chi connectivity index (χ0n) is 10.1. The Morgan fingerprint density at radius 3 is 2.74 bits per heavy atom. The van der Waals surface area contributed by atoms with Crippen molar-refractivity contribution in [2.24, 2.45) is 5.73 Å². The van der Waals surface area contributed by atoms with Crippen LogP contribution < -0.4 is 11.5 Å². The van der Waals surface area contributed by atoms with Gasteiger partial charge in [0.25, 0.3) is 5.91 Å². The summed E-state index contributed by atoms with van der Waals surface area (Å²) in [6, 6.07) is 12.7. The first kappa shape index (κ1) is 11.3. The predicted molar refractivity (Wildman–Crippen MR) is 74.0 cm³/mol. The molecule has 5 nitrogen and oxygen atoms in total. The fourth-order valence-corrected chi connectivity index (χ4v) is 2.11. The van der Waals surface area contributed by atoms with Crippen molar-refractivity contribution in [2.45, 2.75) is 0 Å². The number of rotatable bonds is 2. The molecule has 0 bridgehead atoms. The second-order valence-electron chi connectivity index (χ2n) is 4.24. The minimum atomic E-state index is -0.493. The maximum atomic E-state index is 11.5. The van der Waals surface area contributed by atoms with Gasteiger partial charge in [-0.25, -0.2) is 4.98 Å². The molecular formula is C14H12N4O. The Kier molecular flexibility index (Phi) is 2.45. The molecule has 2 aromatic carbocycles. The van der Waals surface area contributed by atoms with Gasteiger partial charge in [0.05, 0.1) is 22.3 Å². The number of benzene rings is 2. The second-order valence-corrected chi connectivity index (χ2v) is 4.24. The number of anilines is 1. The molecule has 0 saturated heterocycles. The third kappa shape index (κ3) is 1.81. The highest BCUT2D eigenvalue weighted by Gasteiger charge is 2.12. The van der Waals surface area contributed by atoms with Gasteiger partial charge in [0.15, 0.2) is 0 Å². The number of primary amides is 1. The van der Waals surface area contributed by atoms with E-state index in [4.69, 9.17) is 11.5 Å². The summed E-state index contributed by atoms with van der Waals surface area (Å²) in [5.41, 5.74) is 14.6. The molecule has 3 aromatic rings. The third-order valence-electron chi connectivity index (χ3n) is 3.00. The lowest BCUT2D eigenvalue weighted by Crippen LogP contribution is -2.14. The molecule has 94 valence electrons. The summed E-state index contributed by atoms with van der Waals surface area (Å²) in [5, 5.41) is 0. The summed E-state index contributed by atoms with van der Waals surface area (Å²) in [6.45, 7) is 0. The standard InChI is InChI=1S/C14H12N4O/c15-9-5-6-10(14(16)19)13(7-9)18-8-17-11-3-1-2-4-12(11)18/h1-8H,15H2,(H2,16,19). The van der Waals surface area contributed by atoms with Crippen LogP contribution in [0.1, 0.15) is 10.4 Å². The van der Waals surface area contributed by atoms with Crippen LogP contribution in [0.2, 0.25) is 0 Å². The van der Waals surface area contributed by atoms with Gasteiger partial charge < -0.3 is 11.5 Å². The number of nitrogen functional groups attached to an aromatic ring is 1. The Balaban J connectivity index is 2.32. The number of nitrogens with two attached hydrogens (primary N) is 2. The van der Waals surface area contributed by atoms with Gasteiger partial charge in [-0.1, -0.05) is 12.1 Å². The van der Waals surface area contributed by atoms with Crippen molar-refractivity contribution in [2.75, 3.05) is 5.73 Å². The normalized spacial score (nSPS) is 10.7. The minimum absolute atomic E-state index is 0.414. The number of carbonyl (C=O) groups is 1. The van der Waals surface area contributed by atoms with Crippen LogP contribution in [0.3, 0.4) is 0 Å². The zero-order valence-corrected chi connectivity index (χ0v) is 10.1. The first-order valence-corrected chi connectivity index (χ1v) is 5.78. The van der Waals surface area contributed by atoms with E-state index in [2.05, 4.69) is 4.98 Å². The highest BCUT2D eigenvalue weighted by atomic mass is 16.1. The molecule has 0 atom stereocenters. The summed E-state index contributed by atoms with van der Waals surface area (Å²) in [4.78, 5) is 15.8. The molecule has 5 heteroatoms. The van der Waals surface area contributed by atoms with Crippen LogP contribution in [0, 0.1) is 0 Å². The molecule has 0 aliphatic carbocycles. The summed E-state index contributed by atoms with van der Waals surface area (Å²) in [6.07, 6.45) is 1.66. The number of aromatic nitrogens is 2. The second kappa shape index (κ2) is 4.13. The zero-order chi connectivity index (χ0) is 13.4. The number of para-hydroxylation sites is 2. The number of amides is 1. The van der Waals surface area contributed by atoms with E-state index < -0.39 is 5.91 Å². The van der Waals surface area contributed by atoms with Gasteiger partial charge in [-0.3, -0.25) is 9.36 Å². The van der Waals surface area contributed by atoms with Crippen molar-refractivity contribution in [3.05, 3.63) is 54.4 Å². The number of nitrogens with zero attached hydrogens (tertiary/aromatic N) is 2. The summed E-state index contributed by atoms with van der Waals surface area (Å²) >= 11 is 0. The SMILES string of the molecule is NC(=O)c1ccc(N)cc1-n1cnc2ccccc21. The average Bonchev–Trinajstić information content (AvgIpc) is 2.82. The summed E-state index contributed by atoms with van der Waals surface area (Å²) in [7, 11) is 0. The number of imidazole rings is 1. The van der Waals surface area contributed by atoms with Crippen molar-refractivity contribution < 1.29 is 4.79 Å². The van der Waals surface area contributed by atoms with E-state index in [0.29, 0.717) is 16.9 Å². The van der Waals surface area contributed by atoms with Crippen LogP contribution >= 0.6 is 0 Å². The highest BCUT2D eigenvalue weighted by Crippen LogP contribution is 2.22. The van der Waals surface area contributed by atoms with Crippen molar-refractivity contribution in [1.82, 2.24) is 9.55 Å². The molecule has 4 N–H and O–H groups in total. The van der Waals surface area contributed by atoms with E-state index in [1.54, 1.807) is 24.5 Å². The molecule has 0 radical (unpaired) electrons. The van der Waals surface area contributed by atoms with Crippen molar-refractivity contribution in [3.63, 3.8) is 0 Å². The van der Waals surface area contributed by atoms with Gasteiger partial charge in [0.2, 0.25) is 0 Å². The van der Waals surface area contributed by atoms with Crippen LogP contribution in [-0.2, 0) is 0 Å². The lowest BCUT2D eigenvalue weighted by molar-refractivity contribution is 0.100. The van der Waals surface area contributed by atoms with E-state index in [9.17, 15) is 4.79 Å². The Morgan fingerprint density at radius 1 is 1.16 bits per heavy atom. The molecule has 1 heterocycles. The maximum absolute atomic E-state index is 11.5.